The van der Waals surface area contributed by atoms with E-state index < -0.39 is 16.2 Å². The second-order valence-corrected chi connectivity index (χ2v) is 9.18. The normalized spacial score (nSPS) is 20.2. The molecule has 2 aromatic rings. The molecule has 1 fully saturated rings. The number of nitrogens with one attached hydrogen (secondary N) is 1. The molecule has 0 saturated carbocycles. The van der Waals surface area contributed by atoms with Gasteiger partial charge < -0.3 is 10.1 Å². The van der Waals surface area contributed by atoms with Gasteiger partial charge in [0.15, 0.2) is 0 Å². The summed E-state index contributed by atoms with van der Waals surface area (Å²) in [5, 5.41) is 3.36. The van der Waals surface area contributed by atoms with Crippen LogP contribution in [0.4, 0.5) is 5.69 Å². The van der Waals surface area contributed by atoms with Crippen LogP contribution in [0.3, 0.4) is 0 Å². The summed E-state index contributed by atoms with van der Waals surface area (Å²) in [5.74, 6) is -0.423. The molecular formula is C21H27N3O4S. The Hall–Kier alpha value is -2.42. The van der Waals surface area contributed by atoms with Crippen molar-refractivity contribution >= 4 is 21.9 Å². The molecule has 2 atom stereocenters. The van der Waals surface area contributed by atoms with Crippen molar-refractivity contribution in [3.8, 4) is 0 Å². The number of ether oxygens (including phenoxy) is 1. The number of anilines is 1. The molecule has 3 rings (SSSR count). The highest BCUT2D eigenvalue weighted by molar-refractivity contribution is 7.90. The van der Waals surface area contributed by atoms with Crippen LogP contribution in [0, 0.1) is 0 Å². The summed E-state index contributed by atoms with van der Waals surface area (Å²) in [6, 6.07) is 16.0. The molecule has 0 bridgehead atoms. The second-order valence-electron chi connectivity index (χ2n) is 7.32. The van der Waals surface area contributed by atoms with E-state index in [2.05, 4.69) is 5.32 Å². The van der Waals surface area contributed by atoms with Crippen molar-refractivity contribution in [2.24, 2.45) is 0 Å². The number of carbonyl (C=O) groups excluding carboxylic acids is 1. The lowest BCUT2D eigenvalue weighted by molar-refractivity contribution is 0.0600. The zero-order valence-corrected chi connectivity index (χ0v) is 17.7. The maximum atomic E-state index is 13.6. The molecular weight excluding hydrogens is 390 g/mol. The maximum absolute atomic E-state index is 13.6. The van der Waals surface area contributed by atoms with Gasteiger partial charge in [-0.2, -0.15) is 12.7 Å². The Bertz CT molecular complexity index is 922. The quantitative estimate of drug-likeness (QED) is 0.731. The number of methoxy groups -OCH3 is 1. The number of hydrogen-bond acceptors (Lipinski definition) is 5. The van der Waals surface area contributed by atoms with Crippen molar-refractivity contribution in [2.75, 3.05) is 24.5 Å². The first-order chi connectivity index (χ1) is 13.8. The van der Waals surface area contributed by atoms with Gasteiger partial charge >= 0.3 is 16.2 Å². The first kappa shape index (κ1) is 21.3. The third kappa shape index (κ3) is 4.95. The minimum absolute atomic E-state index is 0.0745. The first-order valence-corrected chi connectivity index (χ1v) is 11.0. The van der Waals surface area contributed by atoms with E-state index in [-0.39, 0.29) is 18.6 Å². The van der Waals surface area contributed by atoms with Crippen LogP contribution in [-0.4, -0.2) is 51.0 Å². The minimum atomic E-state index is -3.74. The van der Waals surface area contributed by atoms with Crippen LogP contribution in [-0.2, 0) is 21.5 Å². The van der Waals surface area contributed by atoms with E-state index in [1.807, 2.05) is 32.0 Å². The molecule has 0 unspecified atom stereocenters. The Kier molecular flexibility index (Phi) is 6.56. The number of rotatable bonds is 6. The number of para-hydroxylation sites is 1. The van der Waals surface area contributed by atoms with Crippen LogP contribution in [0.25, 0.3) is 0 Å². The van der Waals surface area contributed by atoms with E-state index in [0.29, 0.717) is 24.3 Å². The fourth-order valence-electron chi connectivity index (χ4n) is 3.53. The van der Waals surface area contributed by atoms with E-state index in [1.54, 1.807) is 36.4 Å². The molecule has 1 aliphatic rings. The molecule has 0 amide bonds. The van der Waals surface area contributed by atoms with E-state index in [4.69, 9.17) is 4.74 Å². The predicted octanol–water partition coefficient (Wildman–Crippen LogP) is 2.41. The van der Waals surface area contributed by atoms with Crippen LogP contribution >= 0.6 is 0 Å². The molecule has 0 aliphatic carbocycles. The van der Waals surface area contributed by atoms with Crippen LogP contribution in [0.1, 0.15) is 29.8 Å². The summed E-state index contributed by atoms with van der Waals surface area (Å²) in [6.45, 7) is 4.96. The number of piperazine rings is 1. The molecule has 1 aliphatic heterocycles. The molecule has 1 N–H and O–H groups in total. The molecule has 0 radical (unpaired) electrons. The van der Waals surface area contributed by atoms with Crippen LogP contribution in [0.2, 0.25) is 0 Å². The van der Waals surface area contributed by atoms with Gasteiger partial charge in [0.1, 0.15) is 0 Å². The number of nitrogens with zero attached hydrogens (tertiary/aromatic N) is 2. The van der Waals surface area contributed by atoms with Gasteiger partial charge in [0, 0.05) is 25.2 Å². The van der Waals surface area contributed by atoms with Gasteiger partial charge in [-0.3, -0.25) is 4.31 Å². The summed E-state index contributed by atoms with van der Waals surface area (Å²) >= 11 is 0. The minimum Gasteiger partial charge on any atom is -0.465 e. The first-order valence-electron chi connectivity index (χ1n) is 9.57. The summed E-state index contributed by atoms with van der Waals surface area (Å²) in [5.41, 5.74) is 1.81. The third-order valence-electron chi connectivity index (χ3n) is 4.87. The van der Waals surface area contributed by atoms with E-state index in [0.717, 1.165) is 5.56 Å². The zero-order chi connectivity index (χ0) is 21.0. The summed E-state index contributed by atoms with van der Waals surface area (Å²) in [4.78, 5) is 11.7. The Morgan fingerprint density at radius 2 is 1.66 bits per heavy atom. The summed E-state index contributed by atoms with van der Waals surface area (Å²) in [6.07, 6.45) is 0. The Labute approximate surface area is 172 Å². The van der Waals surface area contributed by atoms with Gasteiger partial charge in [-0.05, 0) is 43.7 Å². The maximum Gasteiger partial charge on any atom is 0.337 e. The van der Waals surface area contributed by atoms with Gasteiger partial charge in [0.2, 0.25) is 0 Å². The molecule has 29 heavy (non-hydrogen) atoms. The monoisotopic (exact) mass is 417 g/mol. The van der Waals surface area contributed by atoms with Crippen molar-refractivity contribution < 1.29 is 17.9 Å². The van der Waals surface area contributed by atoms with Gasteiger partial charge in [-0.1, -0.05) is 30.3 Å². The number of benzene rings is 2. The van der Waals surface area contributed by atoms with Gasteiger partial charge in [0.05, 0.1) is 24.9 Å². The van der Waals surface area contributed by atoms with E-state index in [9.17, 15) is 13.2 Å². The largest absolute Gasteiger partial charge is 0.465 e. The SMILES string of the molecule is COC(=O)c1ccc(CN(c2ccccc2)S(=O)(=O)N2C[C@@H](C)N[C@@H](C)C2)cc1. The predicted molar refractivity (Wildman–Crippen MR) is 113 cm³/mol. The Morgan fingerprint density at radius 3 is 2.21 bits per heavy atom. The van der Waals surface area contributed by atoms with Gasteiger partial charge in [-0.15, -0.1) is 0 Å². The van der Waals surface area contributed by atoms with Crippen LogP contribution < -0.4 is 9.62 Å². The standard InChI is InChI=1S/C21H27N3O4S/c1-16-13-23(14-17(2)22-16)29(26,27)24(20-7-5-4-6-8-20)15-18-9-11-19(12-10-18)21(25)28-3/h4-12,16-17,22H,13-15H2,1-3H3/t16-,17+. The van der Waals surface area contributed by atoms with Crippen molar-refractivity contribution in [3.63, 3.8) is 0 Å². The highest BCUT2D eigenvalue weighted by atomic mass is 32.2. The third-order valence-corrected chi connectivity index (χ3v) is 6.72. The Balaban J connectivity index is 1.92. The lowest BCUT2D eigenvalue weighted by Gasteiger charge is -2.38. The zero-order valence-electron chi connectivity index (χ0n) is 16.9. The molecule has 1 heterocycles. The number of carbonyl (C=O) groups is 1. The smallest absolute Gasteiger partial charge is 0.337 e. The number of esters is 1. The molecule has 7 nitrogen and oxygen atoms in total. The molecule has 0 spiro atoms. The van der Waals surface area contributed by atoms with Gasteiger partial charge in [0.25, 0.3) is 0 Å². The highest BCUT2D eigenvalue weighted by Gasteiger charge is 2.35. The van der Waals surface area contributed by atoms with E-state index >= 15 is 0 Å². The Morgan fingerprint density at radius 1 is 1.07 bits per heavy atom. The van der Waals surface area contributed by atoms with Crippen LogP contribution in [0.15, 0.2) is 54.6 Å². The average molecular weight is 418 g/mol. The fraction of sp³-hybridized carbons (Fsp3) is 0.381. The van der Waals surface area contributed by atoms with Gasteiger partial charge in [-0.25, -0.2) is 4.79 Å². The highest BCUT2D eigenvalue weighted by Crippen LogP contribution is 2.24. The van der Waals surface area contributed by atoms with Crippen molar-refractivity contribution in [3.05, 3.63) is 65.7 Å². The van der Waals surface area contributed by atoms with Crippen molar-refractivity contribution in [1.82, 2.24) is 9.62 Å². The number of hydrogen-bond donors (Lipinski definition) is 1. The molecule has 8 heteroatoms. The second kappa shape index (κ2) is 8.94. The lowest BCUT2D eigenvalue weighted by atomic mass is 10.1. The molecule has 2 aromatic carbocycles. The summed E-state index contributed by atoms with van der Waals surface area (Å²) in [7, 11) is -2.41. The van der Waals surface area contributed by atoms with E-state index in [1.165, 1.54) is 15.7 Å². The average Bonchev–Trinajstić information content (AvgIpc) is 2.71. The van der Waals surface area contributed by atoms with Crippen molar-refractivity contribution in [2.45, 2.75) is 32.5 Å². The summed E-state index contributed by atoms with van der Waals surface area (Å²) < 4.78 is 34.8. The molecule has 156 valence electrons. The van der Waals surface area contributed by atoms with Crippen LogP contribution in [0.5, 0.6) is 0 Å². The van der Waals surface area contributed by atoms with Crippen molar-refractivity contribution in [1.29, 1.82) is 0 Å². The lowest BCUT2D eigenvalue weighted by Crippen LogP contribution is -2.58. The fourth-order valence-corrected chi connectivity index (χ4v) is 5.34. The molecule has 0 aromatic heterocycles. The topological polar surface area (TPSA) is 79.0 Å². The molecule has 1 saturated heterocycles.